The van der Waals surface area contributed by atoms with Gasteiger partial charge < -0.3 is 25.8 Å². The minimum atomic E-state index is -0.730. The number of fused-ring (bicyclic) bond motifs is 1. The zero-order chi connectivity index (χ0) is 17.3. The normalized spacial score (nSPS) is 16.9. The van der Waals surface area contributed by atoms with Gasteiger partial charge in [-0.2, -0.15) is 0 Å². The first-order chi connectivity index (χ1) is 11.4. The quantitative estimate of drug-likeness (QED) is 0.607. The molecule has 0 atom stereocenters. The van der Waals surface area contributed by atoms with Crippen molar-refractivity contribution in [1.82, 2.24) is 15.3 Å². The number of H-pyrrole nitrogens is 2. The lowest BCUT2D eigenvalue weighted by molar-refractivity contribution is -0.120. The number of aromatic amines is 2. The van der Waals surface area contributed by atoms with Crippen molar-refractivity contribution in [3.63, 3.8) is 0 Å². The number of nitrogens with one attached hydrogen (secondary N) is 3. The van der Waals surface area contributed by atoms with Crippen molar-refractivity contribution in [2.24, 2.45) is 5.73 Å². The molecule has 0 radical (unpaired) electrons. The first-order valence-corrected chi connectivity index (χ1v) is 8.28. The number of primary amides is 1. The third-order valence-electron chi connectivity index (χ3n) is 4.18. The van der Waals surface area contributed by atoms with E-state index < -0.39 is 17.1 Å². The lowest BCUT2D eigenvalue weighted by Crippen LogP contribution is -2.54. The monoisotopic (exact) mass is 396 g/mol. The van der Waals surface area contributed by atoms with Crippen molar-refractivity contribution in [2.45, 2.75) is 24.8 Å². The van der Waals surface area contributed by atoms with Gasteiger partial charge >= 0.3 is 5.69 Å². The van der Waals surface area contributed by atoms with E-state index in [-0.39, 0.29) is 12.3 Å². The molecule has 2 amide bonds. The zero-order valence-corrected chi connectivity index (χ0v) is 14.4. The van der Waals surface area contributed by atoms with Crippen LogP contribution in [0.25, 0.3) is 11.0 Å². The van der Waals surface area contributed by atoms with Crippen LogP contribution in [0.4, 0.5) is 0 Å². The molecule has 1 aromatic heterocycles. The van der Waals surface area contributed by atoms with E-state index in [4.69, 9.17) is 10.5 Å². The maximum absolute atomic E-state index is 12.8. The minimum Gasteiger partial charge on any atom is -0.381 e. The summed E-state index contributed by atoms with van der Waals surface area (Å²) in [6, 6.07) is 3.33. The molecule has 2 heterocycles. The summed E-state index contributed by atoms with van der Waals surface area (Å²) >= 11 is 3.33. The van der Waals surface area contributed by atoms with Gasteiger partial charge in [0.2, 0.25) is 5.91 Å². The summed E-state index contributed by atoms with van der Waals surface area (Å²) in [5.74, 6) is -0.855. The van der Waals surface area contributed by atoms with Crippen molar-refractivity contribution in [2.75, 3.05) is 13.2 Å². The van der Waals surface area contributed by atoms with Crippen molar-refractivity contribution in [1.29, 1.82) is 0 Å². The van der Waals surface area contributed by atoms with Crippen LogP contribution in [0.2, 0.25) is 0 Å². The van der Waals surface area contributed by atoms with Crippen LogP contribution in [0, 0.1) is 0 Å². The van der Waals surface area contributed by atoms with Gasteiger partial charge in [-0.15, -0.1) is 0 Å². The molecular weight excluding hydrogens is 380 g/mol. The number of hydrogen-bond acceptors (Lipinski definition) is 4. The second-order valence-corrected chi connectivity index (χ2v) is 6.86. The average molecular weight is 397 g/mol. The smallest absolute Gasteiger partial charge is 0.323 e. The molecule has 128 valence electrons. The highest BCUT2D eigenvalue weighted by molar-refractivity contribution is 9.10. The van der Waals surface area contributed by atoms with Gasteiger partial charge in [-0.25, -0.2) is 4.79 Å². The van der Waals surface area contributed by atoms with E-state index in [1.165, 1.54) is 0 Å². The molecule has 24 heavy (non-hydrogen) atoms. The molecule has 8 nitrogen and oxygen atoms in total. The standard InChI is InChI=1S/C15H17BrN4O4/c16-8-5-9(12-10(6-8)18-14(23)19-12)13(22)20-15(7-11(17)21)1-3-24-4-2-15/h5-6H,1-4,7H2,(H2,17,21)(H,20,22)(H2,18,19,23). The molecule has 0 spiro atoms. The Morgan fingerprint density at radius 1 is 1.29 bits per heavy atom. The molecule has 0 aliphatic carbocycles. The van der Waals surface area contributed by atoms with Crippen LogP contribution < -0.4 is 16.7 Å². The molecule has 2 aromatic rings. The van der Waals surface area contributed by atoms with Gasteiger partial charge in [-0.3, -0.25) is 9.59 Å². The Bertz CT molecular complexity index is 851. The molecule has 1 aliphatic rings. The van der Waals surface area contributed by atoms with E-state index in [1.54, 1.807) is 12.1 Å². The lowest BCUT2D eigenvalue weighted by Gasteiger charge is -2.37. The molecule has 9 heteroatoms. The number of benzene rings is 1. The molecule has 1 saturated heterocycles. The van der Waals surface area contributed by atoms with Crippen LogP contribution >= 0.6 is 15.9 Å². The summed E-state index contributed by atoms with van der Waals surface area (Å²) in [7, 11) is 0. The maximum Gasteiger partial charge on any atom is 0.323 e. The van der Waals surface area contributed by atoms with Crippen LogP contribution in [-0.2, 0) is 9.53 Å². The predicted molar refractivity (Wildman–Crippen MR) is 90.7 cm³/mol. The Morgan fingerprint density at radius 2 is 2.00 bits per heavy atom. The summed E-state index contributed by atoms with van der Waals surface area (Å²) in [6.45, 7) is 0.894. The fourth-order valence-corrected chi connectivity index (χ4v) is 3.49. The summed E-state index contributed by atoms with van der Waals surface area (Å²) in [4.78, 5) is 41.0. The number of rotatable bonds is 4. The third-order valence-corrected chi connectivity index (χ3v) is 4.63. The zero-order valence-electron chi connectivity index (χ0n) is 12.8. The highest BCUT2D eigenvalue weighted by Gasteiger charge is 2.36. The highest BCUT2D eigenvalue weighted by Crippen LogP contribution is 2.27. The van der Waals surface area contributed by atoms with Crippen LogP contribution in [0.15, 0.2) is 21.4 Å². The van der Waals surface area contributed by atoms with E-state index in [9.17, 15) is 14.4 Å². The topological polar surface area (TPSA) is 130 Å². The van der Waals surface area contributed by atoms with Crippen LogP contribution in [0.1, 0.15) is 29.6 Å². The molecule has 1 fully saturated rings. The van der Waals surface area contributed by atoms with Gasteiger partial charge in [0, 0.05) is 24.1 Å². The Morgan fingerprint density at radius 3 is 2.67 bits per heavy atom. The second kappa shape index (κ2) is 6.40. The Balaban J connectivity index is 1.96. The van der Waals surface area contributed by atoms with Crippen LogP contribution in [0.5, 0.6) is 0 Å². The third kappa shape index (κ3) is 3.36. The Labute approximate surface area is 145 Å². The predicted octanol–water partition coefficient (Wildman–Crippen LogP) is 0.773. The van der Waals surface area contributed by atoms with Gasteiger partial charge in [0.1, 0.15) is 0 Å². The van der Waals surface area contributed by atoms with E-state index >= 15 is 0 Å². The number of carbonyl (C=O) groups excluding carboxylic acids is 2. The molecule has 1 aromatic carbocycles. The minimum absolute atomic E-state index is 0.0445. The molecule has 3 rings (SSSR count). The highest BCUT2D eigenvalue weighted by atomic mass is 79.9. The number of amides is 2. The van der Waals surface area contributed by atoms with E-state index in [1.807, 2.05) is 0 Å². The molecule has 1 aliphatic heterocycles. The number of nitrogens with two attached hydrogens (primary N) is 1. The number of ether oxygens (including phenoxy) is 1. The Hall–Kier alpha value is -2.13. The van der Waals surface area contributed by atoms with Gasteiger partial charge in [-0.05, 0) is 25.0 Å². The summed E-state index contributed by atoms with van der Waals surface area (Å²) < 4.78 is 5.98. The van der Waals surface area contributed by atoms with Gasteiger partial charge in [0.25, 0.3) is 5.91 Å². The first-order valence-electron chi connectivity index (χ1n) is 7.49. The maximum atomic E-state index is 12.8. The van der Waals surface area contributed by atoms with Crippen molar-refractivity contribution >= 4 is 38.8 Å². The summed E-state index contributed by atoms with van der Waals surface area (Å²) in [5, 5.41) is 2.93. The van der Waals surface area contributed by atoms with Crippen molar-refractivity contribution in [3.05, 3.63) is 32.7 Å². The van der Waals surface area contributed by atoms with Crippen LogP contribution in [-0.4, -0.2) is 40.5 Å². The molecular formula is C15H17BrN4O4. The molecule has 0 unspecified atom stereocenters. The molecule has 0 bridgehead atoms. The van der Waals surface area contributed by atoms with Crippen molar-refractivity contribution in [3.8, 4) is 0 Å². The number of imidazole rings is 1. The number of aromatic nitrogens is 2. The largest absolute Gasteiger partial charge is 0.381 e. The van der Waals surface area contributed by atoms with Gasteiger partial charge in [-0.1, -0.05) is 15.9 Å². The average Bonchev–Trinajstić information content (AvgIpc) is 2.86. The SMILES string of the molecule is NC(=O)CC1(NC(=O)c2cc(Br)cc3[nH]c(=O)[nH]c23)CCOCC1. The van der Waals surface area contributed by atoms with Crippen LogP contribution in [0.3, 0.4) is 0 Å². The molecule has 0 saturated carbocycles. The molecule has 5 N–H and O–H groups in total. The fraction of sp³-hybridized carbons (Fsp3) is 0.400. The summed E-state index contributed by atoms with van der Waals surface area (Å²) in [6.07, 6.45) is 1.05. The fourth-order valence-electron chi connectivity index (χ4n) is 3.04. The second-order valence-electron chi connectivity index (χ2n) is 5.94. The Kier molecular flexibility index (Phi) is 4.46. The van der Waals surface area contributed by atoms with E-state index in [0.29, 0.717) is 47.1 Å². The van der Waals surface area contributed by atoms with E-state index in [0.717, 1.165) is 0 Å². The van der Waals surface area contributed by atoms with Gasteiger partial charge in [0.15, 0.2) is 0 Å². The number of halogens is 1. The summed E-state index contributed by atoms with van der Waals surface area (Å²) in [5.41, 5.74) is 5.48. The lowest BCUT2D eigenvalue weighted by atomic mass is 9.86. The van der Waals surface area contributed by atoms with Crippen molar-refractivity contribution < 1.29 is 14.3 Å². The number of carbonyl (C=O) groups is 2. The van der Waals surface area contributed by atoms with E-state index in [2.05, 4.69) is 31.2 Å². The van der Waals surface area contributed by atoms with Gasteiger partial charge in [0.05, 0.1) is 22.1 Å². The number of hydrogen-bond donors (Lipinski definition) is 4. The first kappa shape index (κ1) is 16.7.